The van der Waals surface area contributed by atoms with Crippen LogP contribution in [-0.2, 0) is 4.79 Å². The van der Waals surface area contributed by atoms with Crippen LogP contribution in [0.4, 0.5) is 5.69 Å². The number of benzene rings is 1. The highest BCUT2D eigenvalue weighted by atomic mass is 16.1. The Labute approximate surface area is 156 Å². The summed E-state index contributed by atoms with van der Waals surface area (Å²) >= 11 is 0. The van der Waals surface area contributed by atoms with Crippen LogP contribution in [0.2, 0.25) is 0 Å². The van der Waals surface area contributed by atoms with Gasteiger partial charge in [0.25, 0.3) is 5.91 Å². The lowest BCUT2D eigenvalue weighted by molar-refractivity contribution is -0.112. The lowest BCUT2D eigenvalue weighted by atomic mass is 9.98. The average molecular weight is 349 g/mol. The van der Waals surface area contributed by atoms with Gasteiger partial charge in [0.1, 0.15) is 0 Å². The first-order valence-corrected chi connectivity index (χ1v) is 8.47. The zero-order valence-electron chi connectivity index (χ0n) is 16.3. The number of anilines is 1. The van der Waals surface area contributed by atoms with Gasteiger partial charge in [0.15, 0.2) is 5.78 Å². The maximum absolute atomic E-state index is 12.7. The number of Topliss-reactive ketones (excluding diaryl/α,β-unsaturated/α-hetero) is 1. The Balaban J connectivity index is 3.20. The van der Waals surface area contributed by atoms with Crippen molar-refractivity contribution in [3.63, 3.8) is 0 Å². The highest BCUT2D eigenvalue weighted by Crippen LogP contribution is 2.21. The molecule has 0 bridgehead atoms. The van der Waals surface area contributed by atoms with Gasteiger partial charge in [-0.1, -0.05) is 30.9 Å². The quantitative estimate of drug-likeness (QED) is 0.384. The lowest BCUT2D eigenvalue weighted by Crippen LogP contribution is -2.15. The van der Waals surface area contributed by atoms with Crippen LogP contribution in [0.1, 0.15) is 45.0 Å². The molecule has 0 aliphatic heterocycles. The zero-order chi connectivity index (χ0) is 19.9. The van der Waals surface area contributed by atoms with Gasteiger partial charge < -0.3 is 5.32 Å². The molecule has 0 saturated heterocycles. The molecule has 0 aliphatic carbocycles. The van der Waals surface area contributed by atoms with Crippen LogP contribution in [0.3, 0.4) is 0 Å². The molecule has 0 unspecified atom stereocenters. The Morgan fingerprint density at radius 1 is 1.04 bits per heavy atom. The van der Waals surface area contributed by atoms with Crippen LogP contribution < -0.4 is 5.32 Å². The summed E-state index contributed by atoms with van der Waals surface area (Å²) < 4.78 is 0. The van der Waals surface area contributed by atoms with Gasteiger partial charge in [0, 0.05) is 16.8 Å². The van der Waals surface area contributed by atoms with Crippen LogP contribution in [0, 0.1) is 0 Å². The summed E-state index contributed by atoms with van der Waals surface area (Å²) in [7, 11) is 0. The van der Waals surface area contributed by atoms with Crippen molar-refractivity contribution in [3.8, 4) is 0 Å². The zero-order valence-corrected chi connectivity index (χ0v) is 16.3. The van der Waals surface area contributed by atoms with E-state index in [0.717, 1.165) is 16.7 Å². The molecule has 1 aromatic rings. The highest BCUT2D eigenvalue weighted by molar-refractivity contribution is 6.07. The van der Waals surface area contributed by atoms with E-state index in [4.69, 9.17) is 0 Å². The maximum atomic E-state index is 12.7. The molecule has 0 heterocycles. The summed E-state index contributed by atoms with van der Waals surface area (Å²) in [5.74, 6) is -0.265. The Morgan fingerprint density at radius 2 is 1.62 bits per heavy atom. The Kier molecular flexibility index (Phi) is 7.73. The van der Waals surface area contributed by atoms with E-state index in [-0.39, 0.29) is 11.7 Å². The van der Waals surface area contributed by atoms with Crippen molar-refractivity contribution in [1.29, 1.82) is 0 Å². The number of carbonyl (C=O) groups is 2. The first-order valence-electron chi connectivity index (χ1n) is 8.47. The van der Waals surface area contributed by atoms with Crippen molar-refractivity contribution in [2.75, 3.05) is 5.32 Å². The Hall–Kier alpha value is -2.94. The van der Waals surface area contributed by atoms with E-state index in [1.807, 2.05) is 26.8 Å². The van der Waals surface area contributed by atoms with Gasteiger partial charge >= 0.3 is 0 Å². The van der Waals surface area contributed by atoms with E-state index < -0.39 is 0 Å². The van der Waals surface area contributed by atoms with Crippen LogP contribution >= 0.6 is 0 Å². The minimum Gasteiger partial charge on any atom is -0.322 e. The minimum absolute atomic E-state index is 0.0130. The molecule has 3 heteroatoms. The van der Waals surface area contributed by atoms with Crippen molar-refractivity contribution >= 4 is 17.4 Å². The van der Waals surface area contributed by atoms with Crippen molar-refractivity contribution < 1.29 is 9.59 Å². The molecular weight excluding hydrogens is 322 g/mol. The number of rotatable bonds is 7. The van der Waals surface area contributed by atoms with Gasteiger partial charge in [-0.05, 0) is 81.7 Å². The number of amides is 1. The van der Waals surface area contributed by atoms with E-state index in [1.165, 1.54) is 6.92 Å². The van der Waals surface area contributed by atoms with Crippen molar-refractivity contribution in [2.24, 2.45) is 0 Å². The van der Waals surface area contributed by atoms with Crippen molar-refractivity contribution in [3.05, 3.63) is 89.1 Å². The van der Waals surface area contributed by atoms with Crippen LogP contribution in [0.15, 0.2) is 83.5 Å². The van der Waals surface area contributed by atoms with E-state index in [1.54, 1.807) is 43.3 Å². The standard InChI is InChI=1S/C23H27NO2/c1-8-16(5)17(6)19(9-2)14-22(15(3)4)23(26)24-21-12-10-20(11-13-21)18(7)25/h8-14H,2-3H2,1,4-7H3,(H,24,26)/b16-8-,19-17+,22-14+. The molecule has 0 aromatic heterocycles. The molecular formula is C23H27NO2. The second-order valence-corrected chi connectivity index (χ2v) is 6.18. The third kappa shape index (κ3) is 5.55. The fourth-order valence-corrected chi connectivity index (χ4v) is 2.29. The molecule has 1 N–H and O–H groups in total. The van der Waals surface area contributed by atoms with Gasteiger partial charge in [-0.3, -0.25) is 9.59 Å². The predicted molar refractivity (Wildman–Crippen MR) is 110 cm³/mol. The summed E-state index contributed by atoms with van der Waals surface area (Å²) in [6.45, 7) is 17.1. The van der Waals surface area contributed by atoms with Crippen molar-refractivity contribution in [1.82, 2.24) is 0 Å². The fourth-order valence-electron chi connectivity index (χ4n) is 2.29. The minimum atomic E-state index is -0.252. The van der Waals surface area contributed by atoms with Gasteiger partial charge in [-0.15, -0.1) is 0 Å². The van der Waals surface area contributed by atoms with E-state index in [2.05, 4.69) is 18.5 Å². The highest BCUT2D eigenvalue weighted by Gasteiger charge is 2.12. The maximum Gasteiger partial charge on any atom is 0.255 e. The molecule has 0 fully saturated rings. The number of nitrogens with one attached hydrogen (secondary N) is 1. The number of carbonyl (C=O) groups excluding carboxylic acids is 2. The normalized spacial score (nSPS) is 13.0. The fraction of sp³-hybridized carbons (Fsp3) is 0.217. The second kappa shape index (κ2) is 9.52. The molecule has 0 saturated carbocycles. The van der Waals surface area contributed by atoms with E-state index in [0.29, 0.717) is 22.4 Å². The average Bonchev–Trinajstić information content (AvgIpc) is 2.61. The third-order valence-electron chi connectivity index (χ3n) is 4.23. The summed E-state index contributed by atoms with van der Waals surface area (Å²) in [4.78, 5) is 24.1. The Bertz CT molecular complexity index is 818. The molecule has 1 amide bonds. The predicted octanol–water partition coefficient (Wildman–Crippen LogP) is 5.80. The van der Waals surface area contributed by atoms with Gasteiger partial charge in [-0.25, -0.2) is 0 Å². The summed E-state index contributed by atoms with van der Waals surface area (Å²) in [6, 6.07) is 6.81. The van der Waals surface area contributed by atoms with Gasteiger partial charge in [-0.2, -0.15) is 0 Å². The largest absolute Gasteiger partial charge is 0.322 e. The first kappa shape index (κ1) is 21.1. The lowest BCUT2D eigenvalue weighted by Gasteiger charge is -2.11. The third-order valence-corrected chi connectivity index (χ3v) is 4.23. The van der Waals surface area contributed by atoms with Crippen LogP contribution in [-0.4, -0.2) is 11.7 Å². The van der Waals surface area contributed by atoms with E-state index in [9.17, 15) is 9.59 Å². The molecule has 3 nitrogen and oxygen atoms in total. The molecule has 0 atom stereocenters. The first-order chi connectivity index (χ1) is 12.2. The SMILES string of the molecule is C=CC(/C=C(\C(=C)C)C(=O)Nc1ccc(C(C)=O)cc1)=C(C)\C(C)=C/C. The van der Waals surface area contributed by atoms with Gasteiger partial charge in [0.05, 0.1) is 0 Å². The Morgan fingerprint density at radius 3 is 2.04 bits per heavy atom. The van der Waals surface area contributed by atoms with Crippen LogP contribution in [0.25, 0.3) is 0 Å². The second-order valence-electron chi connectivity index (χ2n) is 6.18. The summed E-state index contributed by atoms with van der Waals surface area (Å²) in [6.07, 6.45) is 5.56. The van der Waals surface area contributed by atoms with Crippen molar-refractivity contribution in [2.45, 2.75) is 34.6 Å². The molecule has 26 heavy (non-hydrogen) atoms. The molecule has 136 valence electrons. The number of hydrogen-bond donors (Lipinski definition) is 1. The number of allylic oxidation sites excluding steroid dienone is 6. The molecule has 1 aromatic carbocycles. The molecule has 0 spiro atoms. The summed E-state index contributed by atoms with van der Waals surface area (Å²) in [5, 5.41) is 2.85. The van der Waals surface area contributed by atoms with Gasteiger partial charge in [0.2, 0.25) is 0 Å². The van der Waals surface area contributed by atoms with E-state index >= 15 is 0 Å². The smallest absolute Gasteiger partial charge is 0.255 e. The molecule has 0 aliphatic rings. The number of ketones is 1. The number of hydrogen-bond acceptors (Lipinski definition) is 2. The van der Waals surface area contributed by atoms with Crippen LogP contribution in [0.5, 0.6) is 0 Å². The molecule has 1 rings (SSSR count). The summed E-state index contributed by atoms with van der Waals surface area (Å²) in [5.41, 5.74) is 5.43. The molecule has 0 radical (unpaired) electrons. The topological polar surface area (TPSA) is 46.2 Å². The monoisotopic (exact) mass is 349 g/mol.